The molecule has 1 heterocycles. The predicted octanol–water partition coefficient (Wildman–Crippen LogP) is 2.11. The Labute approximate surface area is 144 Å². The SMILES string of the molecule is CN=C(NCCNC(=O)c1ccccc1)N1CC2CCCCC2C1. The molecule has 0 radical (unpaired) electrons. The Morgan fingerprint density at radius 2 is 1.71 bits per heavy atom. The van der Waals surface area contributed by atoms with Crippen molar-refractivity contribution in [1.29, 1.82) is 0 Å². The van der Waals surface area contributed by atoms with Crippen molar-refractivity contribution < 1.29 is 4.79 Å². The molecule has 1 saturated heterocycles. The number of aliphatic imine (C=N–C) groups is 1. The molecule has 2 fully saturated rings. The van der Waals surface area contributed by atoms with Crippen LogP contribution in [0.3, 0.4) is 0 Å². The lowest BCUT2D eigenvalue weighted by molar-refractivity contribution is 0.0954. The van der Waals surface area contributed by atoms with Crippen LogP contribution in [0.15, 0.2) is 35.3 Å². The number of nitrogens with zero attached hydrogens (tertiary/aromatic N) is 2. The molecule has 1 aliphatic heterocycles. The van der Waals surface area contributed by atoms with Crippen molar-refractivity contribution in [3.05, 3.63) is 35.9 Å². The van der Waals surface area contributed by atoms with Gasteiger partial charge < -0.3 is 15.5 Å². The molecule has 2 atom stereocenters. The Hall–Kier alpha value is -2.04. The van der Waals surface area contributed by atoms with Gasteiger partial charge in [0.2, 0.25) is 0 Å². The van der Waals surface area contributed by atoms with Crippen LogP contribution in [0.1, 0.15) is 36.0 Å². The maximum atomic E-state index is 12.0. The van der Waals surface area contributed by atoms with Gasteiger partial charge in [0.25, 0.3) is 5.91 Å². The normalized spacial score (nSPS) is 23.7. The summed E-state index contributed by atoms with van der Waals surface area (Å²) in [6.45, 7) is 3.53. The van der Waals surface area contributed by atoms with Crippen molar-refractivity contribution >= 4 is 11.9 Å². The van der Waals surface area contributed by atoms with Crippen LogP contribution in [0, 0.1) is 11.8 Å². The van der Waals surface area contributed by atoms with Gasteiger partial charge in [-0.1, -0.05) is 31.0 Å². The fourth-order valence-electron chi connectivity index (χ4n) is 3.95. The van der Waals surface area contributed by atoms with Gasteiger partial charge in [0.1, 0.15) is 0 Å². The van der Waals surface area contributed by atoms with Crippen molar-refractivity contribution in [2.24, 2.45) is 16.8 Å². The van der Waals surface area contributed by atoms with Crippen LogP contribution in [0.2, 0.25) is 0 Å². The molecule has 1 aromatic carbocycles. The molecule has 130 valence electrons. The summed E-state index contributed by atoms with van der Waals surface area (Å²) in [4.78, 5) is 18.8. The highest BCUT2D eigenvalue weighted by Gasteiger charge is 2.35. The molecule has 5 nitrogen and oxygen atoms in total. The standard InChI is InChI=1S/C19H28N4O/c1-20-19(23-13-16-9-5-6-10-17(16)14-23)22-12-11-21-18(24)15-7-3-2-4-8-15/h2-4,7-8,16-17H,5-6,9-14H2,1H3,(H,20,22)(H,21,24). The Bertz CT molecular complexity index is 558. The van der Waals surface area contributed by atoms with Crippen molar-refractivity contribution in [2.75, 3.05) is 33.2 Å². The Morgan fingerprint density at radius 3 is 2.33 bits per heavy atom. The predicted molar refractivity (Wildman–Crippen MR) is 97.2 cm³/mol. The van der Waals surface area contributed by atoms with E-state index in [0.29, 0.717) is 18.7 Å². The number of amides is 1. The lowest BCUT2D eigenvalue weighted by Crippen LogP contribution is -2.43. The number of likely N-dealkylation sites (tertiary alicyclic amines) is 1. The van der Waals surface area contributed by atoms with Crippen LogP contribution >= 0.6 is 0 Å². The fourth-order valence-corrected chi connectivity index (χ4v) is 3.95. The van der Waals surface area contributed by atoms with Gasteiger partial charge in [0.15, 0.2) is 5.96 Å². The van der Waals surface area contributed by atoms with E-state index in [-0.39, 0.29) is 5.91 Å². The minimum atomic E-state index is -0.0282. The molecular weight excluding hydrogens is 300 g/mol. The second kappa shape index (κ2) is 8.18. The van der Waals surface area contributed by atoms with Gasteiger partial charge in [-0.05, 0) is 36.8 Å². The number of hydrogen-bond acceptors (Lipinski definition) is 2. The van der Waals surface area contributed by atoms with Gasteiger partial charge in [0.05, 0.1) is 0 Å². The zero-order chi connectivity index (χ0) is 16.8. The quantitative estimate of drug-likeness (QED) is 0.506. The number of nitrogens with one attached hydrogen (secondary N) is 2. The van der Waals surface area contributed by atoms with Crippen LogP contribution in [-0.4, -0.2) is 50.0 Å². The summed E-state index contributed by atoms with van der Waals surface area (Å²) in [5.74, 6) is 2.63. The molecule has 1 amide bonds. The second-order valence-corrected chi connectivity index (χ2v) is 6.81. The highest BCUT2D eigenvalue weighted by molar-refractivity contribution is 5.94. The molecule has 5 heteroatoms. The summed E-state index contributed by atoms with van der Waals surface area (Å²) in [5, 5.41) is 6.33. The number of hydrogen-bond donors (Lipinski definition) is 2. The zero-order valence-corrected chi connectivity index (χ0v) is 14.5. The first-order valence-electron chi connectivity index (χ1n) is 9.07. The van der Waals surface area contributed by atoms with Crippen molar-refractivity contribution in [3.63, 3.8) is 0 Å². The highest BCUT2D eigenvalue weighted by Crippen LogP contribution is 2.35. The Kier molecular flexibility index (Phi) is 5.72. The van der Waals surface area contributed by atoms with E-state index in [1.54, 1.807) is 0 Å². The third-order valence-corrected chi connectivity index (χ3v) is 5.22. The number of carbonyl (C=O) groups is 1. The summed E-state index contributed by atoms with van der Waals surface area (Å²) in [5.41, 5.74) is 0.700. The van der Waals surface area contributed by atoms with E-state index in [1.165, 1.54) is 25.7 Å². The smallest absolute Gasteiger partial charge is 0.251 e. The van der Waals surface area contributed by atoms with Crippen molar-refractivity contribution in [2.45, 2.75) is 25.7 Å². The zero-order valence-electron chi connectivity index (χ0n) is 14.5. The molecule has 2 N–H and O–H groups in total. The Balaban J connectivity index is 1.41. The molecule has 2 aliphatic rings. The average molecular weight is 328 g/mol. The number of fused-ring (bicyclic) bond motifs is 1. The minimum Gasteiger partial charge on any atom is -0.354 e. The van der Waals surface area contributed by atoms with Gasteiger partial charge in [-0.3, -0.25) is 9.79 Å². The van der Waals surface area contributed by atoms with Crippen molar-refractivity contribution in [1.82, 2.24) is 15.5 Å². The third kappa shape index (κ3) is 4.08. The van der Waals surface area contributed by atoms with E-state index < -0.39 is 0 Å². The number of benzene rings is 1. The summed E-state index contributed by atoms with van der Waals surface area (Å²) in [7, 11) is 1.84. The first kappa shape index (κ1) is 16.8. The summed E-state index contributed by atoms with van der Waals surface area (Å²) in [6, 6.07) is 9.32. The van der Waals surface area contributed by atoms with E-state index in [1.807, 2.05) is 37.4 Å². The highest BCUT2D eigenvalue weighted by atomic mass is 16.1. The van der Waals surface area contributed by atoms with Gasteiger partial charge in [-0.2, -0.15) is 0 Å². The Morgan fingerprint density at radius 1 is 1.08 bits per heavy atom. The van der Waals surface area contributed by atoms with Gasteiger partial charge in [-0.25, -0.2) is 0 Å². The lowest BCUT2D eigenvalue weighted by atomic mass is 9.82. The van der Waals surface area contributed by atoms with Crippen LogP contribution in [-0.2, 0) is 0 Å². The fraction of sp³-hybridized carbons (Fsp3) is 0.579. The minimum absolute atomic E-state index is 0.0282. The molecule has 24 heavy (non-hydrogen) atoms. The van der Waals surface area contributed by atoms with E-state index in [0.717, 1.165) is 30.9 Å². The topological polar surface area (TPSA) is 56.7 Å². The van der Waals surface area contributed by atoms with E-state index in [4.69, 9.17) is 0 Å². The largest absolute Gasteiger partial charge is 0.354 e. The average Bonchev–Trinajstić information content (AvgIpc) is 3.06. The molecule has 0 aromatic heterocycles. The molecule has 2 unspecified atom stereocenters. The summed E-state index contributed by atoms with van der Waals surface area (Å²) >= 11 is 0. The molecule has 1 saturated carbocycles. The maximum Gasteiger partial charge on any atom is 0.251 e. The molecule has 0 spiro atoms. The van der Waals surface area contributed by atoms with Crippen LogP contribution in [0.25, 0.3) is 0 Å². The molecule has 0 bridgehead atoms. The van der Waals surface area contributed by atoms with E-state index in [9.17, 15) is 4.79 Å². The van der Waals surface area contributed by atoms with E-state index >= 15 is 0 Å². The monoisotopic (exact) mass is 328 g/mol. The van der Waals surface area contributed by atoms with Crippen LogP contribution in [0.5, 0.6) is 0 Å². The second-order valence-electron chi connectivity index (χ2n) is 6.81. The molecular formula is C19H28N4O. The van der Waals surface area contributed by atoms with Crippen LogP contribution in [0.4, 0.5) is 0 Å². The molecule has 1 aliphatic carbocycles. The van der Waals surface area contributed by atoms with Crippen LogP contribution < -0.4 is 10.6 Å². The summed E-state index contributed by atoms with van der Waals surface area (Å²) < 4.78 is 0. The first-order valence-corrected chi connectivity index (χ1v) is 9.07. The van der Waals surface area contributed by atoms with Gasteiger partial charge in [0, 0.05) is 38.8 Å². The van der Waals surface area contributed by atoms with E-state index in [2.05, 4.69) is 20.5 Å². The maximum absolute atomic E-state index is 12.0. The molecule has 1 aromatic rings. The summed E-state index contributed by atoms with van der Waals surface area (Å²) in [6.07, 6.45) is 5.50. The number of carbonyl (C=O) groups excluding carboxylic acids is 1. The van der Waals surface area contributed by atoms with Gasteiger partial charge in [-0.15, -0.1) is 0 Å². The molecule has 3 rings (SSSR count). The van der Waals surface area contributed by atoms with Gasteiger partial charge >= 0.3 is 0 Å². The van der Waals surface area contributed by atoms with Crippen molar-refractivity contribution in [3.8, 4) is 0 Å². The lowest BCUT2D eigenvalue weighted by Gasteiger charge is -2.22. The number of rotatable bonds is 4. The number of guanidine groups is 1. The third-order valence-electron chi connectivity index (χ3n) is 5.22. The first-order chi connectivity index (χ1) is 11.8.